The molecule has 68 valence electrons. The Balaban J connectivity index is 3.32. The highest BCUT2D eigenvalue weighted by Gasteiger charge is 2.15. The molecule has 0 saturated carbocycles. The van der Waals surface area contributed by atoms with Crippen LogP contribution in [-0.2, 0) is 0 Å². The number of nitrogens with zero attached hydrogens (tertiary/aromatic N) is 4. The van der Waals surface area contributed by atoms with Gasteiger partial charge in [-0.15, -0.1) is 0 Å². The highest BCUT2D eigenvalue weighted by Crippen LogP contribution is 2.11. The molecule has 0 spiro atoms. The van der Waals surface area contributed by atoms with Crippen molar-refractivity contribution in [3.05, 3.63) is 34.2 Å². The van der Waals surface area contributed by atoms with Crippen LogP contribution in [0.3, 0.4) is 0 Å². The van der Waals surface area contributed by atoms with E-state index in [2.05, 4.69) is 10.0 Å². The molecule has 6 nitrogen and oxygen atoms in total. The minimum Gasteiger partial charge on any atom is -0.423 e. The molecule has 0 aliphatic heterocycles. The van der Waals surface area contributed by atoms with Gasteiger partial charge in [0.15, 0.2) is 0 Å². The van der Waals surface area contributed by atoms with Crippen LogP contribution >= 0.6 is 0 Å². The van der Waals surface area contributed by atoms with Gasteiger partial charge in [-0.3, -0.25) is 0 Å². The van der Waals surface area contributed by atoms with Crippen molar-refractivity contribution < 1.29 is 10.0 Å². The topological polar surface area (TPSA) is 113 Å². The molecule has 0 aliphatic carbocycles. The van der Waals surface area contributed by atoms with Crippen LogP contribution in [0, 0.1) is 11.3 Å². The summed E-state index contributed by atoms with van der Waals surface area (Å²) in [4.78, 5) is 2.52. The van der Waals surface area contributed by atoms with E-state index in [9.17, 15) is 0 Å². The Bertz CT molecular complexity index is 434. The van der Waals surface area contributed by atoms with Gasteiger partial charge in [-0.1, -0.05) is 11.2 Å². The lowest BCUT2D eigenvalue weighted by atomic mass is 9.78. The molecule has 0 fully saturated rings. The van der Waals surface area contributed by atoms with Gasteiger partial charge in [-0.2, -0.15) is 5.26 Å². The molecule has 1 rings (SSSR count). The van der Waals surface area contributed by atoms with E-state index < -0.39 is 7.12 Å². The molecule has 0 radical (unpaired) electrons. The smallest absolute Gasteiger partial charge is 0.423 e. The third-order valence-corrected chi connectivity index (χ3v) is 1.59. The lowest BCUT2D eigenvalue weighted by Crippen LogP contribution is -2.30. The standard InChI is InChI=1S/C7H5BN4O2/c9-4-5-1-2-6(8(13)14)7(3-5)11-12-10/h1-3,13-14H. The second-order valence-corrected chi connectivity index (χ2v) is 2.45. The van der Waals surface area contributed by atoms with Crippen LogP contribution in [0.5, 0.6) is 0 Å². The van der Waals surface area contributed by atoms with E-state index in [1.165, 1.54) is 18.2 Å². The number of hydrogen-bond donors (Lipinski definition) is 2. The molecule has 1 aromatic carbocycles. The van der Waals surface area contributed by atoms with E-state index in [-0.39, 0.29) is 16.7 Å². The van der Waals surface area contributed by atoms with Gasteiger partial charge >= 0.3 is 7.12 Å². The molecule has 2 N–H and O–H groups in total. The van der Waals surface area contributed by atoms with Gasteiger partial charge in [0.05, 0.1) is 11.6 Å². The van der Waals surface area contributed by atoms with Gasteiger partial charge in [0.2, 0.25) is 0 Å². The highest BCUT2D eigenvalue weighted by molar-refractivity contribution is 6.60. The molecule has 0 aliphatic rings. The second-order valence-electron chi connectivity index (χ2n) is 2.45. The van der Waals surface area contributed by atoms with Crippen molar-refractivity contribution in [2.24, 2.45) is 5.11 Å². The zero-order valence-electron chi connectivity index (χ0n) is 6.99. The fraction of sp³-hybridized carbons (Fsp3) is 0. The summed E-state index contributed by atoms with van der Waals surface area (Å²) >= 11 is 0. The van der Waals surface area contributed by atoms with Crippen molar-refractivity contribution >= 4 is 18.3 Å². The predicted molar refractivity (Wildman–Crippen MR) is 49.8 cm³/mol. The Kier molecular flexibility index (Phi) is 3.10. The molecule has 1 aromatic rings. The monoisotopic (exact) mass is 188 g/mol. The lowest BCUT2D eigenvalue weighted by Gasteiger charge is -2.02. The van der Waals surface area contributed by atoms with Crippen molar-refractivity contribution in [2.45, 2.75) is 0 Å². The molecule has 0 heterocycles. The maximum atomic E-state index is 8.88. The summed E-state index contributed by atoms with van der Waals surface area (Å²) in [7, 11) is -1.72. The van der Waals surface area contributed by atoms with Crippen molar-refractivity contribution in [3.8, 4) is 6.07 Å². The fourth-order valence-corrected chi connectivity index (χ4v) is 0.966. The Morgan fingerprint density at radius 3 is 2.71 bits per heavy atom. The minimum absolute atomic E-state index is 0.0431. The van der Waals surface area contributed by atoms with Crippen LogP contribution < -0.4 is 5.46 Å². The first-order chi connectivity index (χ1) is 6.69. The molecule has 0 atom stereocenters. The molecular weight excluding hydrogens is 183 g/mol. The summed E-state index contributed by atoms with van der Waals surface area (Å²) in [6, 6.07) is 5.87. The van der Waals surface area contributed by atoms with Crippen LogP contribution in [0.4, 0.5) is 5.69 Å². The minimum atomic E-state index is -1.72. The van der Waals surface area contributed by atoms with Crippen molar-refractivity contribution in [1.29, 1.82) is 5.26 Å². The lowest BCUT2D eigenvalue weighted by molar-refractivity contribution is 0.426. The van der Waals surface area contributed by atoms with Gasteiger partial charge in [0.1, 0.15) is 0 Å². The largest absolute Gasteiger partial charge is 0.488 e. The fourth-order valence-electron chi connectivity index (χ4n) is 0.966. The predicted octanol–water partition coefficient (Wildman–Crippen LogP) is 0.180. The van der Waals surface area contributed by atoms with Crippen molar-refractivity contribution in [2.75, 3.05) is 0 Å². The Labute approximate surface area is 79.8 Å². The van der Waals surface area contributed by atoms with Crippen LogP contribution in [0.25, 0.3) is 10.4 Å². The zero-order chi connectivity index (χ0) is 10.6. The molecular formula is C7H5BN4O2. The van der Waals surface area contributed by atoms with E-state index in [1.54, 1.807) is 0 Å². The summed E-state index contributed by atoms with van der Waals surface area (Å²) < 4.78 is 0. The maximum absolute atomic E-state index is 8.88. The van der Waals surface area contributed by atoms with Gasteiger partial charge in [-0.25, -0.2) is 0 Å². The molecule has 0 aromatic heterocycles. The second kappa shape index (κ2) is 4.30. The highest BCUT2D eigenvalue weighted by atomic mass is 16.4. The van der Waals surface area contributed by atoms with E-state index in [0.717, 1.165) is 0 Å². The average Bonchev–Trinajstić information content (AvgIpc) is 2.17. The average molecular weight is 188 g/mol. The number of hydrogen-bond acceptors (Lipinski definition) is 4. The molecule has 0 bridgehead atoms. The first-order valence-corrected chi connectivity index (χ1v) is 3.64. The van der Waals surface area contributed by atoms with Crippen LogP contribution in [0.15, 0.2) is 23.3 Å². The summed E-state index contributed by atoms with van der Waals surface area (Å²) in [6.45, 7) is 0. The van der Waals surface area contributed by atoms with Gasteiger partial charge in [0.25, 0.3) is 0 Å². The third-order valence-electron chi connectivity index (χ3n) is 1.59. The number of nitriles is 1. The first-order valence-electron chi connectivity index (χ1n) is 3.64. The van der Waals surface area contributed by atoms with Crippen LogP contribution in [0.2, 0.25) is 0 Å². The number of rotatable bonds is 2. The number of azide groups is 1. The summed E-state index contributed by atoms with van der Waals surface area (Å²) in [5.41, 5.74) is 8.60. The molecule has 7 heteroatoms. The Morgan fingerprint density at radius 2 is 2.21 bits per heavy atom. The van der Waals surface area contributed by atoms with Crippen LogP contribution in [0.1, 0.15) is 5.56 Å². The SMILES string of the molecule is N#Cc1ccc(B(O)O)c(N=[N+]=[N-])c1. The Morgan fingerprint density at radius 1 is 1.50 bits per heavy atom. The van der Waals surface area contributed by atoms with E-state index >= 15 is 0 Å². The van der Waals surface area contributed by atoms with E-state index in [0.29, 0.717) is 0 Å². The molecule has 0 unspecified atom stereocenters. The summed E-state index contributed by atoms with van der Waals surface area (Å²) in [5.74, 6) is 0. The van der Waals surface area contributed by atoms with Crippen molar-refractivity contribution in [1.82, 2.24) is 0 Å². The van der Waals surface area contributed by atoms with Crippen molar-refractivity contribution in [3.63, 3.8) is 0 Å². The molecule has 0 amide bonds. The Hall–Kier alpha value is -2.00. The normalized spacial score (nSPS) is 8.64. The van der Waals surface area contributed by atoms with Gasteiger partial charge in [-0.05, 0) is 23.1 Å². The summed E-state index contributed by atoms with van der Waals surface area (Å²) in [5, 5.41) is 29.6. The molecule has 14 heavy (non-hydrogen) atoms. The van der Waals surface area contributed by atoms with Crippen LogP contribution in [-0.4, -0.2) is 17.2 Å². The first kappa shape index (κ1) is 10.1. The maximum Gasteiger partial charge on any atom is 0.488 e. The molecule has 0 saturated heterocycles. The number of benzene rings is 1. The third kappa shape index (κ3) is 2.03. The van der Waals surface area contributed by atoms with E-state index in [1.807, 2.05) is 6.07 Å². The zero-order valence-corrected chi connectivity index (χ0v) is 6.99. The van der Waals surface area contributed by atoms with Gasteiger partial charge in [0, 0.05) is 10.6 Å². The summed E-state index contributed by atoms with van der Waals surface area (Å²) in [6.07, 6.45) is 0. The van der Waals surface area contributed by atoms with Gasteiger partial charge < -0.3 is 10.0 Å². The quantitative estimate of drug-likeness (QED) is 0.298. The van der Waals surface area contributed by atoms with E-state index in [4.69, 9.17) is 20.8 Å².